The van der Waals surface area contributed by atoms with Crippen LogP contribution >= 0.6 is 11.3 Å². The third-order valence-electron chi connectivity index (χ3n) is 3.71. The summed E-state index contributed by atoms with van der Waals surface area (Å²) in [6.45, 7) is 0.705. The van der Waals surface area contributed by atoms with Crippen LogP contribution in [0.4, 0.5) is 0 Å². The summed E-state index contributed by atoms with van der Waals surface area (Å²) in [5, 5.41) is 13.9. The number of imidazole rings is 1. The highest BCUT2D eigenvalue weighted by Gasteiger charge is 2.15. The molecule has 4 aromatic rings. The molecule has 0 saturated carbocycles. The second-order valence-electron chi connectivity index (χ2n) is 5.04. The van der Waals surface area contributed by atoms with Crippen molar-refractivity contribution in [1.29, 1.82) is 0 Å². The fourth-order valence-electron chi connectivity index (χ4n) is 2.62. The third-order valence-corrected chi connectivity index (χ3v) is 4.62. The molecule has 5 nitrogen and oxygen atoms in total. The standard InChI is InChI=1S/C16H13N3O2S/c1-21-12-4-2-11(3-5-12)8-18-10-17-13-9-19(20)14-6-7-22-16(14)15(13)18/h2-7,9-10H,8H2,1H3. The molecular formula is C16H13N3O2S. The number of benzene rings is 1. The topological polar surface area (TPSA) is 54.0 Å². The molecule has 0 atom stereocenters. The second-order valence-corrected chi connectivity index (χ2v) is 5.96. The summed E-state index contributed by atoms with van der Waals surface area (Å²) < 4.78 is 9.12. The van der Waals surface area contributed by atoms with E-state index in [4.69, 9.17) is 4.74 Å². The van der Waals surface area contributed by atoms with Crippen molar-refractivity contribution in [1.82, 2.24) is 9.55 Å². The Kier molecular flexibility index (Phi) is 2.97. The SMILES string of the molecule is COc1ccc(Cn2cnc3c[n+]([O-])c4ccsc4c32)cc1. The molecule has 3 heterocycles. The lowest BCUT2D eigenvalue weighted by Crippen LogP contribution is -2.25. The minimum atomic E-state index is 0.689. The Hall–Kier alpha value is -2.60. The fourth-order valence-corrected chi connectivity index (χ4v) is 3.57. The number of methoxy groups -OCH3 is 1. The van der Waals surface area contributed by atoms with E-state index in [2.05, 4.69) is 9.55 Å². The molecule has 4 rings (SSSR count). The normalized spacial score (nSPS) is 11.3. The number of hydrogen-bond donors (Lipinski definition) is 0. The zero-order valence-electron chi connectivity index (χ0n) is 11.9. The predicted molar refractivity (Wildman–Crippen MR) is 86.2 cm³/mol. The van der Waals surface area contributed by atoms with Crippen molar-refractivity contribution in [2.45, 2.75) is 6.54 Å². The van der Waals surface area contributed by atoms with Crippen LogP contribution in [0.1, 0.15) is 5.56 Å². The highest BCUT2D eigenvalue weighted by molar-refractivity contribution is 7.18. The molecule has 6 heteroatoms. The Bertz CT molecular complexity index is 957. The highest BCUT2D eigenvalue weighted by Crippen LogP contribution is 2.27. The molecule has 22 heavy (non-hydrogen) atoms. The summed E-state index contributed by atoms with van der Waals surface area (Å²) in [5.74, 6) is 0.840. The zero-order valence-corrected chi connectivity index (χ0v) is 12.7. The van der Waals surface area contributed by atoms with Crippen molar-refractivity contribution < 1.29 is 9.47 Å². The minimum absolute atomic E-state index is 0.689. The average Bonchev–Trinajstić information content (AvgIpc) is 3.15. The lowest BCUT2D eigenvalue weighted by molar-refractivity contribution is -0.575. The quantitative estimate of drug-likeness (QED) is 0.432. The van der Waals surface area contributed by atoms with Crippen molar-refractivity contribution in [3.63, 3.8) is 0 Å². The maximum Gasteiger partial charge on any atom is 0.236 e. The van der Waals surface area contributed by atoms with Gasteiger partial charge in [-0.1, -0.05) is 12.1 Å². The van der Waals surface area contributed by atoms with Gasteiger partial charge in [0.2, 0.25) is 11.7 Å². The number of aromatic nitrogens is 3. The molecule has 0 saturated heterocycles. The van der Waals surface area contributed by atoms with Gasteiger partial charge in [0.1, 0.15) is 10.4 Å². The molecule has 0 aliphatic rings. The smallest absolute Gasteiger partial charge is 0.236 e. The molecule has 110 valence electrons. The van der Waals surface area contributed by atoms with Gasteiger partial charge >= 0.3 is 0 Å². The first-order valence-electron chi connectivity index (χ1n) is 6.83. The molecule has 0 radical (unpaired) electrons. The number of nitrogens with zero attached hydrogens (tertiary/aromatic N) is 3. The Balaban J connectivity index is 1.82. The Morgan fingerprint density at radius 1 is 1.27 bits per heavy atom. The van der Waals surface area contributed by atoms with Crippen LogP contribution < -0.4 is 9.47 Å². The van der Waals surface area contributed by atoms with Crippen LogP contribution in [0.25, 0.3) is 21.3 Å². The number of rotatable bonds is 3. The van der Waals surface area contributed by atoms with Crippen molar-refractivity contribution in [2.75, 3.05) is 7.11 Å². The van der Waals surface area contributed by atoms with E-state index in [0.29, 0.717) is 12.1 Å². The number of pyridine rings is 1. The van der Waals surface area contributed by atoms with E-state index in [0.717, 1.165) is 31.8 Å². The molecule has 1 aromatic carbocycles. The number of fused-ring (bicyclic) bond motifs is 3. The molecule has 0 aliphatic carbocycles. The molecule has 0 fully saturated rings. The first-order chi connectivity index (χ1) is 10.8. The van der Waals surface area contributed by atoms with E-state index in [-0.39, 0.29) is 0 Å². The van der Waals surface area contributed by atoms with Gasteiger partial charge < -0.3 is 14.5 Å². The van der Waals surface area contributed by atoms with Crippen LogP contribution in [0.3, 0.4) is 0 Å². The van der Waals surface area contributed by atoms with Crippen molar-refractivity contribution >= 4 is 32.6 Å². The van der Waals surface area contributed by atoms with E-state index in [1.807, 2.05) is 35.7 Å². The average molecular weight is 311 g/mol. The monoisotopic (exact) mass is 311 g/mol. The largest absolute Gasteiger partial charge is 0.618 e. The summed E-state index contributed by atoms with van der Waals surface area (Å²) >= 11 is 1.56. The van der Waals surface area contributed by atoms with Gasteiger partial charge in [-0.3, -0.25) is 0 Å². The molecule has 0 amide bonds. The summed E-state index contributed by atoms with van der Waals surface area (Å²) in [7, 11) is 1.66. The van der Waals surface area contributed by atoms with Gasteiger partial charge in [-0.05, 0) is 23.1 Å². The van der Waals surface area contributed by atoms with Gasteiger partial charge in [0, 0.05) is 12.6 Å². The van der Waals surface area contributed by atoms with E-state index in [1.165, 1.54) is 6.20 Å². The van der Waals surface area contributed by atoms with Crippen LogP contribution in [-0.4, -0.2) is 16.7 Å². The molecule has 3 aromatic heterocycles. The summed E-state index contributed by atoms with van der Waals surface area (Å²) in [6.07, 6.45) is 3.32. The van der Waals surface area contributed by atoms with Crippen LogP contribution in [0.15, 0.2) is 48.2 Å². The Morgan fingerprint density at radius 2 is 2.09 bits per heavy atom. The van der Waals surface area contributed by atoms with Gasteiger partial charge in [0.15, 0.2) is 5.52 Å². The lowest BCUT2D eigenvalue weighted by atomic mass is 10.2. The van der Waals surface area contributed by atoms with Crippen molar-refractivity contribution in [3.8, 4) is 5.75 Å². The van der Waals surface area contributed by atoms with Crippen LogP contribution in [0, 0.1) is 5.21 Å². The van der Waals surface area contributed by atoms with Crippen LogP contribution in [0.5, 0.6) is 5.75 Å². The third kappa shape index (κ3) is 2.00. The van der Waals surface area contributed by atoms with Gasteiger partial charge in [-0.25, -0.2) is 4.98 Å². The van der Waals surface area contributed by atoms with Gasteiger partial charge in [-0.15, -0.1) is 11.3 Å². The summed E-state index contributed by atoms with van der Waals surface area (Å²) in [5.41, 5.74) is 3.57. The molecular weight excluding hydrogens is 298 g/mol. The predicted octanol–water partition coefficient (Wildman–Crippen LogP) is 2.94. The van der Waals surface area contributed by atoms with Crippen molar-refractivity contribution in [2.24, 2.45) is 0 Å². The van der Waals surface area contributed by atoms with E-state index >= 15 is 0 Å². The summed E-state index contributed by atoms with van der Waals surface area (Å²) in [6, 6.07) is 9.80. The number of thiophene rings is 1. The van der Waals surface area contributed by atoms with Gasteiger partial charge in [-0.2, -0.15) is 4.73 Å². The Morgan fingerprint density at radius 3 is 2.86 bits per heavy atom. The van der Waals surface area contributed by atoms with E-state index in [9.17, 15) is 5.21 Å². The molecule has 0 spiro atoms. The molecule has 0 bridgehead atoms. The van der Waals surface area contributed by atoms with E-state index < -0.39 is 0 Å². The number of hydrogen-bond acceptors (Lipinski definition) is 4. The van der Waals surface area contributed by atoms with Crippen molar-refractivity contribution in [3.05, 3.63) is 59.0 Å². The van der Waals surface area contributed by atoms with E-state index in [1.54, 1.807) is 24.8 Å². The first-order valence-corrected chi connectivity index (χ1v) is 7.71. The summed E-state index contributed by atoms with van der Waals surface area (Å²) in [4.78, 5) is 4.36. The molecule has 0 N–H and O–H groups in total. The maximum absolute atomic E-state index is 12.0. The second kappa shape index (κ2) is 4.99. The van der Waals surface area contributed by atoms with Crippen LogP contribution in [-0.2, 0) is 6.54 Å². The zero-order chi connectivity index (χ0) is 15.1. The highest BCUT2D eigenvalue weighted by atomic mass is 32.1. The van der Waals surface area contributed by atoms with Gasteiger partial charge in [0.25, 0.3) is 0 Å². The van der Waals surface area contributed by atoms with Crippen LogP contribution in [0.2, 0.25) is 0 Å². The van der Waals surface area contributed by atoms with Gasteiger partial charge in [0.05, 0.1) is 19.0 Å². The lowest BCUT2D eigenvalue weighted by Gasteiger charge is -2.06. The first kappa shape index (κ1) is 13.1. The Labute approximate surface area is 130 Å². The maximum atomic E-state index is 12.0. The fraction of sp³-hybridized carbons (Fsp3) is 0.125. The molecule has 0 aliphatic heterocycles. The molecule has 0 unspecified atom stereocenters. The minimum Gasteiger partial charge on any atom is -0.618 e. The number of ether oxygens (including phenoxy) is 1.